The van der Waals surface area contributed by atoms with Crippen LogP contribution in [0.25, 0.3) is 0 Å². The molecule has 1 aliphatic carbocycles. The summed E-state index contributed by atoms with van der Waals surface area (Å²) in [5.41, 5.74) is 0.327. The maximum atomic E-state index is 14.1. The second-order valence-electron chi connectivity index (χ2n) is 6.96. The highest BCUT2D eigenvalue weighted by atomic mass is 32.2. The van der Waals surface area contributed by atoms with Gasteiger partial charge in [-0.15, -0.1) is 0 Å². The van der Waals surface area contributed by atoms with E-state index in [4.69, 9.17) is 4.74 Å². The lowest BCUT2D eigenvalue weighted by Crippen LogP contribution is -2.31. The largest absolute Gasteiger partial charge is 0.445 e. The van der Waals surface area contributed by atoms with Gasteiger partial charge in [-0.05, 0) is 31.0 Å². The molecule has 0 aliphatic heterocycles. The van der Waals surface area contributed by atoms with Crippen molar-refractivity contribution in [3.05, 3.63) is 60.0 Å². The molecule has 1 heterocycles. The predicted molar refractivity (Wildman–Crippen MR) is 115 cm³/mol. The zero-order valence-corrected chi connectivity index (χ0v) is 18.2. The Morgan fingerprint density at radius 1 is 1.19 bits per heavy atom. The Bertz CT molecular complexity index is 1170. The van der Waals surface area contributed by atoms with Crippen LogP contribution in [0.1, 0.15) is 12.8 Å². The molecule has 168 valence electrons. The molecule has 32 heavy (non-hydrogen) atoms. The van der Waals surface area contributed by atoms with E-state index < -0.39 is 34.5 Å². The number of hydrogen-bond donors (Lipinski definition) is 2. The molecular formula is C20H17F3N4O3S2. The first-order valence-corrected chi connectivity index (χ1v) is 11.4. The lowest BCUT2D eigenvalue weighted by molar-refractivity contribution is 0.258. The number of urea groups is 1. The van der Waals surface area contributed by atoms with Gasteiger partial charge in [-0.1, -0.05) is 11.3 Å². The summed E-state index contributed by atoms with van der Waals surface area (Å²) < 4.78 is 61.2. The first kappa shape index (κ1) is 22.2. The van der Waals surface area contributed by atoms with Crippen molar-refractivity contribution in [2.24, 2.45) is 0 Å². The molecule has 1 atom stereocenters. The minimum atomic E-state index is -1.72. The van der Waals surface area contributed by atoms with Crippen molar-refractivity contribution in [2.75, 3.05) is 17.3 Å². The molecule has 1 aromatic heterocycles. The van der Waals surface area contributed by atoms with Crippen molar-refractivity contribution >= 4 is 39.2 Å². The molecule has 2 amide bonds. The van der Waals surface area contributed by atoms with Crippen LogP contribution >= 0.6 is 11.3 Å². The molecule has 3 aromatic rings. The van der Waals surface area contributed by atoms with Crippen LogP contribution in [-0.2, 0) is 11.0 Å². The molecule has 0 spiro atoms. The van der Waals surface area contributed by atoms with Crippen LogP contribution < -0.4 is 19.7 Å². The van der Waals surface area contributed by atoms with Gasteiger partial charge in [0.25, 0.3) is 0 Å². The Morgan fingerprint density at radius 3 is 2.59 bits per heavy atom. The average molecular weight is 483 g/mol. The minimum Gasteiger partial charge on any atom is -0.445 e. The fraction of sp³-hybridized carbons (Fsp3) is 0.200. The predicted octanol–water partition coefficient (Wildman–Crippen LogP) is 4.80. The van der Waals surface area contributed by atoms with Crippen LogP contribution in [0, 0.1) is 17.5 Å². The molecule has 0 saturated heterocycles. The zero-order valence-electron chi connectivity index (χ0n) is 16.6. The molecule has 7 nitrogen and oxygen atoms in total. The number of rotatable bonds is 7. The molecule has 1 fully saturated rings. The first-order chi connectivity index (χ1) is 15.3. The van der Waals surface area contributed by atoms with Gasteiger partial charge in [0.2, 0.25) is 5.06 Å². The topological polar surface area (TPSA) is 83.6 Å². The first-order valence-electron chi connectivity index (χ1n) is 9.40. The molecule has 1 unspecified atom stereocenters. The van der Waals surface area contributed by atoms with Gasteiger partial charge in [-0.3, -0.25) is 10.2 Å². The third kappa shape index (κ3) is 5.44. The fourth-order valence-corrected chi connectivity index (χ4v) is 4.44. The van der Waals surface area contributed by atoms with E-state index >= 15 is 0 Å². The molecule has 2 N–H and O–H groups in total. The van der Waals surface area contributed by atoms with Crippen LogP contribution in [0.15, 0.2) is 47.5 Å². The summed E-state index contributed by atoms with van der Waals surface area (Å²) in [5.74, 6) is -2.25. The van der Waals surface area contributed by atoms with Crippen LogP contribution in [0.4, 0.5) is 28.8 Å². The van der Waals surface area contributed by atoms with E-state index in [0.29, 0.717) is 5.69 Å². The number of benzene rings is 2. The highest BCUT2D eigenvalue weighted by molar-refractivity contribution is 7.83. The van der Waals surface area contributed by atoms with Gasteiger partial charge in [0.05, 0.1) is 11.1 Å². The number of halogens is 3. The maximum absolute atomic E-state index is 14.1. The number of nitrogens with zero attached hydrogens (tertiary/aromatic N) is 2. The van der Waals surface area contributed by atoms with Crippen molar-refractivity contribution in [1.82, 2.24) is 9.71 Å². The van der Waals surface area contributed by atoms with Crippen molar-refractivity contribution in [3.8, 4) is 10.8 Å². The summed E-state index contributed by atoms with van der Waals surface area (Å²) in [4.78, 5) is 17.8. The average Bonchev–Trinajstić information content (AvgIpc) is 3.44. The SMILES string of the molecule is CN(C(=O)Nc1ncc(Oc2cc(F)cc(F)c2)s1)c1ccc(F)c(S(=O)NC2CC2)c1. The molecule has 12 heteroatoms. The van der Waals surface area contributed by atoms with E-state index in [-0.39, 0.29) is 26.9 Å². The van der Waals surface area contributed by atoms with Gasteiger partial charge in [0.1, 0.15) is 34.2 Å². The van der Waals surface area contributed by atoms with Crippen LogP contribution in [0.5, 0.6) is 10.8 Å². The third-order valence-corrected chi connectivity index (χ3v) is 6.46. The van der Waals surface area contributed by atoms with Crippen LogP contribution in [0.3, 0.4) is 0 Å². The summed E-state index contributed by atoms with van der Waals surface area (Å²) in [6, 6.07) is 6.17. The number of nitrogens with one attached hydrogen (secondary N) is 2. The van der Waals surface area contributed by atoms with Crippen molar-refractivity contribution in [3.63, 3.8) is 0 Å². The lowest BCUT2D eigenvalue weighted by Gasteiger charge is -2.18. The van der Waals surface area contributed by atoms with Gasteiger partial charge in [-0.2, -0.15) is 0 Å². The molecule has 0 bridgehead atoms. The molecule has 2 aromatic carbocycles. The minimum absolute atomic E-state index is 0.0405. The summed E-state index contributed by atoms with van der Waals surface area (Å²) in [7, 11) is -0.261. The van der Waals surface area contributed by atoms with E-state index in [2.05, 4.69) is 15.0 Å². The van der Waals surface area contributed by atoms with E-state index in [1.54, 1.807) is 0 Å². The van der Waals surface area contributed by atoms with Gasteiger partial charge in [0.15, 0.2) is 5.13 Å². The van der Waals surface area contributed by atoms with Crippen molar-refractivity contribution in [1.29, 1.82) is 0 Å². The third-order valence-electron chi connectivity index (χ3n) is 4.41. The normalized spacial score (nSPS) is 14.1. The van der Waals surface area contributed by atoms with Crippen LogP contribution in [-0.4, -0.2) is 28.3 Å². The van der Waals surface area contributed by atoms with Crippen molar-refractivity contribution < 1.29 is 26.9 Å². The van der Waals surface area contributed by atoms with E-state index in [1.807, 2.05) is 0 Å². The fourth-order valence-electron chi connectivity index (χ4n) is 2.62. The number of hydrogen-bond acceptors (Lipinski definition) is 5. The summed E-state index contributed by atoms with van der Waals surface area (Å²) >= 11 is 0.949. The standard InChI is InChI=1S/C20H17F3N4O3S2/c1-27(14-4-5-16(23)17(9-14)32(29)26-13-2-3-13)20(28)25-19-24-10-18(31-19)30-15-7-11(21)6-12(22)8-15/h4-10,13,26H,2-3H2,1H3,(H,24,25,28). The molecule has 0 radical (unpaired) electrons. The Morgan fingerprint density at radius 2 is 1.91 bits per heavy atom. The molecule has 1 aliphatic rings. The van der Waals surface area contributed by atoms with E-state index in [0.717, 1.165) is 48.4 Å². The number of ether oxygens (including phenoxy) is 1. The molecule has 4 rings (SSSR count). The molecular weight excluding hydrogens is 465 g/mol. The Kier molecular flexibility index (Phi) is 6.44. The lowest BCUT2D eigenvalue weighted by atomic mass is 10.3. The van der Waals surface area contributed by atoms with E-state index in [9.17, 15) is 22.2 Å². The summed E-state index contributed by atoms with van der Waals surface area (Å²) in [6.07, 6.45) is 3.08. The number of carbonyl (C=O) groups is 1. The monoisotopic (exact) mass is 482 g/mol. The highest BCUT2D eigenvalue weighted by Gasteiger charge is 2.25. The number of thiazole rings is 1. The quantitative estimate of drug-likeness (QED) is 0.507. The zero-order chi connectivity index (χ0) is 22.8. The maximum Gasteiger partial charge on any atom is 0.327 e. The molecule has 1 saturated carbocycles. The highest BCUT2D eigenvalue weighted by Crippen LogP contribution is 2.31. The number of carbonyl (C=O) groups excluding carboxylic acids is 1. The van der Waals surface area contributed by atoms with Gasteiger partial charge in [-0.25, -0.2) is 31.9 Å². The van der Waals surface area contributed by atoms with Gasteiger partial charge >= 0.3 is 6.03 Å². The van der Waals surface area contributed by atoms with Crippen LogP contribution in [0.2, 0.25) is 0 Å². The number of aromatic nitrogens is 1. The second kappa shape index (κ2) is 9.27. The Balaban J connectivity index is 1.42. The van der Waals surface area contributed by atoms with Gasteiger partial charge < -0.3 is 4.74 Å². The number of amides is 2. The summed E-state index contributed by atoms with van der Waals surface area (Å²) in [5, 5.41) is 2.94. The van der Waals surface area contributed by atoms with Gasteiger partial charge in [0, 0.05) is 37.0 Å². The Labute approximate surface area is 187 Å². The second-order valence-corrected chi connectivity index (χ2v) is 9.16. The van der Waals surface area contributed by atoms with E-state index in [1.165, 1.54) is 30.3 Å². The Hall–Kier alpha value is -2.96. The number of anilines is 2. The summed E-state index contributed by atoms with van der Waals surface area (Å²) in [6.45, 7) is 0. The smallest absolute Gasteiger partial charge is 0.327 e. The van der Waals surface area contributed by atoms with Crippen molar-refractivity contribution in [2.45, 2.75) is 23.8 Å².